The van der Waals surface area contributed by atoms with Crippen molar-refractivity contribution in [2.45, 2.75) is 84.5 Å². The second-order valence-corrected chi connectivity index (χ2v) is 11.4. The van der Waals surface area contributed by atoms with Crippen molar-refractivity contribution in [2.75, 3.05) is 13.2 Å². The Labute approximate surface area is 184 Å². The molecule has 0 unspecified atom stereocenters. The number of ketones is 2. The number of carbonyl (C=O) groups is 3. The minimum absolute atomic E-state index is 0.00480. The third kappa shape index (κ3) is 3.00. The smallest absolute Gasteiger partial charge is 0.302 e. The molecule has 31 heavy (non-hydrogen) atoms. The van der Waals surface area contributed by atoms with Gasteiger partial charge in [-0.2, -0.15) is 0 Å². The van der Waals surface area contributed by atoms with Gasteiger partial charge in [0.2, 0.25) is 0 Å². The van der Waals surface area contributed by atoms with Gasteiger partial charge < -0.3 is 14.2 Å². The molecule has 1 spiro atoms. The molecule has 4 aliphatic carbocycles. The summed E-state index contributed by atoms with van der Waals surface area (Å²) in [7, 11) is 0. The van der Waals surface area contributed by atoms with E-state index in [4.69, 9.17) is 14.2 Å². The van der Waals surface area contributed by atoms with Gasteiger partial charge in [0, 0.05) is 30.6 Å². The first-order valence-corrected chi connectivity index (χ1v) is 12.1. The summed E-state index contributed by atoms with van der Waals surface area (Å²) >= 11 is 0. The predicted molar refractivity (Wildman–Crippen MR) is 112 cm³/mol. The van der Waals surface area contributed by atoms with E-state index in [9.17, 15) is 14.4 Å². The van der Waals surface area contributed by atoms with Crippen LogP contribution in [0.3, 0.4) is 0 Å². The molecule has 1 saturated heterocycles. The topological polar surface area (TPSA) is 78.9 Å². The molecule has 0 amide bonds. The average molecular weight is 433 g/mol. The van der Waals surface area contributed by atoms with Gasteiger partial charge >= 0.3 is 5.97 Å². The molecule has 4 saturated carbocycles. The molecule has 172 valence electrons. The molecule has 6 nitrogen and oxygen atoms in total. The number of rotatable bonds is 2. The van der Waals surface area contributed by atoms with Gasteiger partial charge in [-0.05, 0) is 62.2 Å². The van der Waals surface area contributed by atoms with Gasteiger partial charge in [-0.3, -0.25) is 14.4 Å². The van der Waals surface area contributed by atoms with Crippen molar-refractivity contribution >= 4 is 17.5 Å². The lowest BCUT2D eigenvalue weighted by Gasteiger charge is -2.62. The van der Waals surface area contributed by atoms with Crippen LogP contribution in [0.2, 0.25) is 0 Å². The van der Waals surface area contributed by atoms with Gasteiger partial charge in [0.25, 0.3) is 0 Å². The van der Waals surface area contributed by atoms with Crippen molar-refractivity contribution in [1.29, 1.82) is 0 Å². The van der Waals surface area contributed by atoms with Crippen LogP contribution in [0.4, 0.5) is 0 Å². The van der Waals surface area contributed by atoms with Crippen LogP contribution in [0.15, 0.2) is 0 Å². The summed E-state index contributed by atoms with van der Waals surface area (Å²) in [5, 5.41) is 0. The van der Waals surface area contributed by atoms with E-state index in [-0.39, 0.29) is 53.2 Å². The van der Waals surface area contributed by atoms with Crippen molar-refractivity contribution in [1.82, 2.24) is 0 Å². The van der Waals surface area contributed by atoms with Gasteiger partial charge in [-0.1, -0.05) is 13.8 Å². The largest absolute Gasteiger partial charge is 0.462 e. The van der Waals surface area contributed by atoms with Gasteiger partial charge in [0.1, 0.15) is 17.7 Å². The highest BCUT2D eigenvalue weighted by molar-refractivity contribution is 5.87. The number of esters is 1. The fourth-order valence-electron chi connectivity index (χ4n) is 8.85. The van der Waals surface area contributed by atoms with E-state index >= 15 is 0 Å². The summed E-state index contributed by atoms with van der Waals surface area (Å²) in [5.41, 5.74) is -0.702. The predicted octanol–water partition coefficient (Wildman–Crippen LogP) is 3.70. The van der Waals surface area contributed by atoms with E-state index in [2.05, 4.69) is 13.8 Å². The maximum Gasteiger partial charge on any atom is 0.302 e. The molecular weight excluding hydrogens is 396 g/mol. The van der Waals surface area contributed by atoms with Crippen LogP contribution in [-0.2, 0) is 28.6 Å². The van der Waals surface area contributed by atoms with E-state index in [0.29, 0.717) is 31.5 Å². The van der Waals surface area contributed by atoms with Crippen LogP contribution in [-0.4, -0.2) is 42.6 Å². The quantitative estimate of drug-likeness (QED) is 0.619. The van der Waals surface area contributed by atoms with Crippen molar-refractivity contribution in [3.63, 3.8) is 0 Å². The Hall–Kier alpha value is -1.27. The fraction of sp³-hybridized carbons (Fsp3) is 0.880. The van der Waals surface area contributed by atoms with Gasteiger partial charge in [-0.15, -0.1) is 0 Å². The molecule has 5 aliphatic rings. The van der Waals surface area contributed by atoms with Crippen molar-refractivity contribution in [3.8, 4) is 0 Å². The second kappa shape index (κ2) is 7.11. The number of hydrogen-bond acceptors (Lipinski definition) is 6. The normalized spacial score (nSPS) is 48.1. The SMILES string of the molecule is CC(=O)O[C@@H]1C[C@]2(C)[C@@H](C(C)=O)CC[C@@H]2[C@H]2CC[C@H]3CC4(CC(=O)[C@]3(C)[C@@H]21)OCCO4. The fourth-order valence-corrected chi connectivity index (χ4v) is 8.85. The molecule has 8 atom stereocenters. The molecular formula is C25H36O6. The Balaban J connectivity index is 1.53. The molecule has 5 fully saturated rings. The van der Waals surface area contributed by atoms with E-state index in [1.165, 1.54) is 6.92 Å². The van der Waals surface area contributed by atoms with Crippen molar-refractivity contribution in [2.24, 2.45) is 40.4 Å². The summed E-state index contributed by atoms with van der Waals surface area (Å²) < 4.78 is 17.8. The summed E-state index contributed by atoms with van der Waals surface area (Å²) in [5.74, 6) is 0.296. The zero-order valence-electron chi connectivity index (χ0n) is 19.3. The Morgan fingerprint density at radius 1 is 1.00 bits per heavy atom. The molecule has 0 radical (unpaired) electrons. The standard InChI is InChI=1S/C25H36O6/c1-14(26)18-7-8-19-17-6-5-16-11-25(29-9-10-30-25)13-21(28)24(16,4)22(17)20(31-15(2)27)12-23(18,19)3/h16-20,22H,5-13H2,1-4H3/t16-,17+,18+,19+,20+,22-,23+,24+/m0/s1. The van der Waals surface area contributed by atoms with Crippen LogP contribution in [0.25, 0.3) is 0 Å². The Bertz CT molecular complexity index is 800. The summed E-state index contributed by atoms with van der Waals surface area (Å²) in [6.45, 7) is 8.61. The summed E-state index contributed by atoms with van der Waals surface area (Å²) in [6, 6.07) is 0. The van der Waals surface area contributed by atoms with Gasteiger partial charge in [0.15, 0.2) is 5.79 Å². The highest BCUT2D eigenvalue weighted by atomic mass is 16.7. The van der Waals surface area contributed by atoms with Gasteiger partial charge in [0.05, 0.1) is 19.6 Å². The summed E-state index contributed by atoms with van der Waals surface area (Å²) in [4.78, 5) is 38.4. The molecule has 0 bridgehead atoms. The first-order valence-electron chi connectivity index (χ1n) is 12.1. The van der Waals surface area contributed by atoms with Crippen molar-refractivity contribution < 1.29 is 28.6 Å². The highest BCUT2D eigenvalue weighted by Crippen LogP contribution is 2.68. The zero-order chi connectivity index (χ0) is 22.2. The van der Waals surface area contributed by atoms with Crippen LogP contribution in [0.1, 0.15) is 72.6 Å². The van der Waals surface area contributed by atoms with E-state index in [1.807, 2.05) is 0 Å². The number of Topliss-reactive ketones (excluding diaryl/α,β-unsaturated/α-hetero) is 2. The molecule has 0 aromatic heterocycles. The maximum absolute atomic E-state index is 13.8. The number of carbonyl (C=O) groups excluding carboxylic acids is 3. The van der Waals surface area contributed by atoms with E-state index in [0.717, 1.165) is 32.1 Å². The molecule has 5 rings (SSSR count). The van der Waals surface area contributed by atoms with E-state index in [1.54, 1.807) is 6.92 Å². The lowest BCUT2D eigenvalue weighted by atomic mass is 9.43. The molecule has 0 N–H and O–H groups in total. The lowest BCUT2D eigenvalue weighted by Crippen LogP contribution is -2.64. The summed E-state index contributed by atoms with van der Waals surface area (Å²) in [6.07, 6.45) is 5.29. The van der Waals surface area contributed by atoms with Crippen LogP contribution in [0, 0.1) is 40.4 Å². The molecule has 1 aliphatic heterocycles. The number of fused-ring (bicyclic) bond motifs is 5. The Morgan fingerprint density at radius 3 is 2.35 bits per heavy atom. The number of hydrogen-bond donors (Lipinski definition) is 0. The van der Waals surface area contributed by atoms with Gasteiger partial charge in [-0.25, -0.2) is 0 Å². The second-order valence-electron chi connectivity index (χ2n) is 11.4. The minimum atomic E-state index is -0.749. The Kier molecular flexibility index (Phi) is 4.95. The maximum atomic E-state index is 13.8. The first kappa shape index (κ1) is 21.6. The monoisotopic (exact) mass is 432 g/mol. The third-order valence-electron chi connectivity index (χ3n) is 10.0. The van der Waals surface area contributed by atoms with Crippen LogP contribution < -0.4 is 0 Å². The minimum Gasteiger partial charge on any atom is -0.462 e. The zero-order valence-corrected chi connectivity index (χ0v) is 19.3. The van der Waals surface area contributed by atoms with Crippen molar-refractivity contribution in [3.05, 3.63) is 0 Å². The number of ether oxygens (including phenoxy) is 3. The lowest BCUT2D eigenvalue weighted by molar-refractivity contribution is -0.234. The first-order chi connectivity index (χ1) is 14.6. The molecule has 0 aromatic carbocycles. The van der Waals surface area contributed by atoms with E-state index < -0.39 is 11.2 Å². The molecule has 0 aromatic rings. The van der Waals surface area contributed by atoms with Crippen LogP contribution >= 0.6 is 0 Å². The average Bonchev–Trinajstić information content (AvgIpc) is 3.26. The highest BCUT2D eigenvalue weighted by Gasteiger charge is 2.68. The molecule has 6 heteroatoms. The van der Waals surface area contributed by atoms with Crippen LogP contribution in [0.5, 0.6) is 0 Å². The molecule has 1 heterocycles. The Morgan fingerprint density at radius 2 is 1.71 bits per heavy atom. The third-order valence-corrected chi connectivity index (χ3v) is 10.0.